The quantitative estimate of drug-likeness (QED) is 0.592. The van der Waals surface area contributed by atoms with Crippen LogP contribution in [-0.2, 0) is 0 Å². The highest BCUT2D eigenvalue weighted by molar-refractivity contribution is 5.85. The van der Waals surface area contributed by atoms with Crippen LogP contribution in [0.25, 0.3) is 10.8 Å². The second kappa shape index (κ2) is 7.36. The number of benzene rings is 1. The van der Waals surface area contributed by atoms with Gasteiger partial charge >= 0.3 is 0 Å². The first kappa shape index (κ1) is 14.9. The summed E-state index contributed by atoms with van der Waals surface area (Å²) in [6, 6.07) is 8.57. The van der Waals surface area contributed by atoms with Gasteiger partial charge in [0, 0.05) is 17.8 Å². The van der Waals surface area contributed by atoms with Crippen LogP contribution in [0.1, 0.15) is 51.1 Å². The maximum absolute atomic E-state index is 5.88. The molecule has 0 radical (unpaired) electrons. The minimum absolute atomic E-state index is 0.175. The molecule has 1 aromatic heterocycles. The fraction of sp³-hybridized carbons (Fsp3) is 0.471. The van der Waals surface area contributed by atoms with Crippen molar-refractivity contribution < 1.29 is 0 Å². The van der Waals surface area contributed by atoms with Gasteiger partial charge in [0.2, 0.25) is 0 Å². The van der Waals surface area contributed by atoms with Gasteiger partial charge in [0.25, 0.3) is 0 Å². The lowest BCUT2D eigenvalue weighted by molar-refractivity contribution is 0.320. The summed E-state index contributed by atoms with van der Waals surface area (Å²) in [5.74, 6) is 6.44. The third-order valence-corrected chi connectivity index (χ3v) is 4.00. The van der Waals surface area contributed by atoms with Crippen LogP contribution in [0, 0.1) is 5.92 Å². The monoisotopic (exact) mass is 271 g/mol. The molecule has 0 aliphatic heterocycles. The van der Waals surface area contributed by atoms with E-state index in [1.54, 1.807) is 0 Å². The van der Waals surface area contributed by atoms with E-state index in [4.69, 9.17) is 5.84 Å². The van der Waals surface area contributed by atoms with E-state index in [1.165, 1.54) is 42.0 Å². The third-order valence-electron chi connectivity index (χ3n) is 4.00. The van der Waals surface area contributed by atoms with Crippen molar-refractivity contribution in [2.45, 2.75) is 45.6 Å². The Balaban J connectivity index is 2.42. The van der Waals surface area contributed by atoms with Crippen LogP contribution in [0.5, 0.6) is 0 Å². The summed E-state index contributed by atoms with van der Waals surface area (Å²) in [4.78, 5) is 4.39. The van der Waals surface area contributed by atoms with Crippen molar-refractivity contribution >= 4 is 10.8 Å². The highest BCUT2D eigenvalue weighted by Crippen LogP contribution is 2.32. The van der Waals surface area contributed by atoms with Crippen molar-refractivity contribution in [1.29, 1.82) is 0 Å². The van der Waals surface area contributed by atoms with E-state index in [9.17, 15) is 0 Å². The molecule has 0 bridgehead atoms. The van der Waals surface area contributed by atoms with Gasteiger partial charge in [0.15, 0.2) is 0 Å². The zero-order valence-electron chi connectivity index (χ0n) is 12.5. The zero-order chi connectivity index (χ0) is 14.4. The molecule has 1 heterocycles. The maximum Gasteiger partial charge on any atom is 0.0509 e. The third kappa shape index (κ3) is 3.17. The van der Waals surface area contributed by atoms with E-state index in [0.717, 1.165) is 0 Å². The number of nitrogens with zero attached hydrogens (tertiary/aromatic N) is 1. The van der Waals surface area contributed by atoms with E-state index in [1.807, 2.05) is 18.5 Å². The normalized spacial score (nSPS) is 13.0. The van der Waals surface area contributed by atoms with Crippen LogP contribution in [-0.4, -0.2) is 4.98 Å². The molecule has 3 N–H and O–H groups in total. The van der Waals surface area contributed by atoms with Crippen LogP contribution < -0.4 is 11.3 Å². The molecular weight excluding hydrogens is 246 g/mol. The largest absolute Gasteiger partial charge is 0.271 e. The predicted molar refractivity (Wildman–Crippen MR) is 85.1 cm³/mol. The number of hydrogen-bond acceptors (Lipinski definition) is 3. The van der Waals surface area contributed by atoms with Gasteiger partial charge in [-0.25, -0.2) is 0 Å². The Kier molecular flexibility index (Phi) is 5.50. The number of hydrogen-bond donors (Lipinski definition) is 2. The van der Waals surface area contributed by atoms with Gasteiger partial charge in [-0.05, 0) is 29.7 Å². The standard InChI is InChI=1S/C17H25N3/c1-3-7-13(8-4-2)17(20-18)16-12-19-11-14-9-5-6-10-15(14)16/h5-6,9-13,17,20H,3-4,7-8,18H2,1-2H3. The second-order valence-electron chi connectivity index (χ2n) is 5.43. The Labute approximate surface area is 121 Å². The summed E-state index contributed by atoms with van der Waals surface area (Å²) in [5, 5.41) is 2.43. The van der Waals surface area contributed by atoms with Crippen molar-refractivity contribution in [1.82, 2.24) is 10.4 Å². The second-order valence-corrected chi connectivity index (χ2v) is 5.43. The van der Waals surface area contributed by atoms with Crippen LogP contribution in [0.2, 0.25) is 0 Å². The predicted octanol–water partition coefficient (Wildman–Crippen LogP) is 3.96. The summed E-state index contributed by atoms with van der Waals surface area (Å²) in [6.07, 6.45) is 8.62. The van der Waals surface area contributed by atoms with Gasteiger partial charge in [-0.3, -0.25) is 16.3 Å². The van der Waals surface area contributed by atoms with E-state index >= 15 is 0 Å². The molecule has 2 aromatic rings. The minimum Gasteiger partial charge on any atom is -0.271 e. The first-order valence-corrected chi connectivity index (χ1v) is 7.60. The molecule has 1 atom stereocenters. The number of nitrogens with one attached hydrogen (secondary N) is 1. The molecule has 3 nitrogen and oxygen atoms in total. The average Bonchev–Trinajstić information content (AvgIpc) is 2.49. The van der Waals surface area contributed by atoms with Crippen molar-refractivity contribution in [2.24, 2.45) is 11.8 Å². The van der Waals surface area contributed by atoms with Crippen LogP contribution in [0.4, 0.5) is 0 Å². The molecule has 0 aliphatic rings. The molecule has 0 spiro atoms. The molecule has 0 aliphatic carbocycles. The SMILES string of the molecule is CCCC(CCC)C(NN)c1cncc2ccccc12. The highest BCUT2D eigenvalue weighted by Gasteiger charge is 2.22. The molecule has 3 heteroatoms. The van der Waals surface area contributed by atoms with Crippen molar-refractivity contribution in [3.8, 4) is 0 Å². The van der Waals surface area contributed by atoms with Gasteiger partial charge < -0.3 is 0 Å². The first-order chi connectivity index (χ1) is 9.81. The molecule has 0 amide bonds. The number of rotatable bonds is 7. The molecule has 20 heavy (non-hydrogen) atoms. The van der Waals surface area contributed by atoms with Gasteiger partial charge in [0.05, 0.1) is 6.04 Å². The number of aromatic nitrogens is 1. The van der Waals surface area contributed by atoms with Crippen LogP contribution in [0.3, 0.4) is 0 Å². The lowest BCUT2D eigenvalue weighted by atomic mass is 9.85. The Morgan fingerprint density at radius 2 is 1.80 bits per heavy atom. The summed E-state index contributed by atoms with van der Waals surface area (Å²) in [6.45, 7) is 4.47. The summed E-state index contributed by atoms with van der Waals surface area (Å²) < 4.78 is 0. The summed E-state index contributed by atoms with van der Waals surface area (Å²) in [7, 11) is 0. The average molecular weight is 271 g/mol. The van der Waals surface area contributed by atoms with Crippen molar-refractivity contribution in [3.63, 3.8) is 0 Å². The lowest BCUT2D eigenvalue weighted by Gasteiger charge is -2.27. The molecule has 1 aromatic carbocycles. The summed E-state index contributed by atoms with van der Waals surface area (Å²) in [5.41, 5.74) is 4.26. The molecule has 2 rings (SSSR count). The van der Waals surface area contributed by atoms with Gasteiger partial charge in [-0.2, -0.15) is 0 Å². The number of hydrazine groups is 1. The maximum atomic E-state index is 5.88. The van der Waals surface area contributed by atoms with Crippen LogP contribution >= 0.6 is 0 Å². The van der Waals surface area contributed by atoms with Gasteiger partial charge in [-0.15, -0.1) is 0 Å². The van der Waals surface area contributed by atoms with E-state index in [0.29, 0.717) is 5.92 Å². The smallest absolute Gasteiger partial charge is 0.0509 e. The molecule has 1 unspecified atom stereocenters. The van der Waals surface area contributed by atoms with Crippen LogP contribution in [0.15, 0.2) is 36.7 Å². The Hall–Kier alpha value is -1.45. The number of pyridine rings is 1. The Morgan fingerprint density at radius 3 is 2.45 bits per heavy atom. The first-order valence-electron chi connectivity index (χ1n) is 7.60. The van der Waals surface area contributed by atoms with Crippen molar-refractivity contribution in [2.75, 3.05) is 0 Å². The minimum atomic E-state index is 0.175. The highest BCUT2D eigenvalue weighted by atomic mass is 15.2. The molecule has 108 valence electrons. The van der Waals surface area contributed by atoms with E-state index in [2.05, 4.69) is 42.5 Å². The lowest BCUT2D eigenvalue weighted by Crippen LogP contribution is -2.34. The van der Waals surface area contributed by atoms with E-state index < -0.39 is 0 Å². The fourth-order valence-corrected chi connectivity index (χ4v) is 3.09. The Morgan fingerprint density at radius 1 is 1.10 bits per heavy atom. The topological polar surface area (TPSA) is 50.9 Å². The zero-order valence-corrected chi connectivity index (χ0v) is 12.5. The molecule has 0 saturated heterocycles. The summed E-state index contributed by atoms with van der Waals surface area (Å²) >= 11 is 0. The molecule has 0 saturated carbocycles. The molecule has 0 fully saturated rings. The number of fused-ring (bicyclic) bond motifs is 1. The van der Waals surface area contributed by atoms with E-state index in [-0.39, 0.29) is 6.04 Å². The Bertz CT molecular complexity index is 527. The fourth-order valence-electron chi connectivity index (χ4n) is 3.09. The van der Waals surface area contributed by atoms with Crippen molar-refractivity contribution in [3.05, 3.63) is 42.2 Å². The van der Waals surface area contributed by atoms with Gasteiger partial charge in [-0.1, -0.05) is 51.0 Å². The number of nitrogens with two attached hydrogens (primary N) is 1. The molecular formula is C17H25N3. The van der Waals surface area contributed by atoms with Gasteiger partial charge in [0.1, 0.15) is 0 Å².